The van der Waals surface area contributed by atoms with Crippen molar-refractivity contribution in [3.63, 3.8) is 0 Å². The summed E-state index contributed by atoms with van der Waals surface area (Å²) in [6, 6.07) is 57.0. The van der Waals surface area contributed by atoms with E-state index in [0.717, 1.165) is 0 Å². The Morgan fingerprint density at radius 3 is 1.45 bits per heavy atom. The van der Waals surface area contributed by atoms with E-state index in [1.807, 2.05) is 34.0 Å². The lowest BCUT2D eigenvalue weighted by molar-refractivity contribution is 1.56. The molecule has 11 rings (SSSR count). The highest BCUT2D eigenvalue weighted by atomic mass is 32.1. The molecule has 250 valence electrons. The smallest absolute Gasteiger partial charge is 0.0361 e. The Bertz CT molecular complexity index is 3140. The molecule has 0 aliphatic rings. The van der Waals surface area contributed by atoms with Crippen molar-refractivity contribution in [3.8, 4) is 43.1 Å². The van der Waals surface area contributed by atoms with Gasteiger partial charge in [-0.2, -0.15) is 0 Å². The Morgan fingerprint density at radius 2 is 0.925 bits per heavy atom. The molecular weight excluding hydrogens is 697 g/mol. The van der Waals surface area contributed by atoms with Gasteiger partial charge in [0.2, 0.25) is 0 Å². The van der Waals surface area contributed by atoms with Crippen LogP contribution in [0.15, 0.2) is 157 Å². The molecule has 0 fully saturated rings. The molecular formula is C50H32S3. The molecule has 0 saturated heterocycles. The lowest BCUT2D eigenvalue weighted by Crippen LogP contribution is -1.90. The molecule has 3 heterocycles. The maximum absolute atomic E-state index is 2.45. The van der Waals surface area contributed by atoms with Crippen molar-refractivity contribution in [2.45, 2.75) is 13.8 Å². The maximum Gasteiger partial charge on any atom is 0.0361 e. The van der Waals surface area contributed by atoms with Gasteiger partial charge in [0.15, 0.2) is 0 Å². The number of rotatable bonds is 4. The molecule has 0 aliphatic carbocycles. The fourth-order valence-corrected chi connectivity index (χ4v) is 11.8. The second-order valence-electron chi connectivity index (χ2n) is 14.1. The largest absolute Gasteiger partial charge is 0.144 e. The maximum atomic E-state index is 2.45. The monoisotopic (exact) mass is 728 g/mol. The van der Waals surface area contributed by atoms with Crippen LogP contribution in [0.3, 0.4) is 0 Å². The fraction of sp³-hybridized carbons (Fsp3) is 0.0400. The van der Waals surface area contributed by atoms with Gasteiger partial charge in [0.05, 0.1) is 0 Å². The topological polar surface area (TPSA) is 0 Å². The third-order valence-electron chi connectivity index (χ3n) is 10.9. The average molecular weight is 729 g/mol. The van der Waals surface area contributed by atoms with E-state index in [4.69, 9.17) is 0 Å². The summed E-state index contributed by atoms with van der Waals surface area (Å²) in [5, 5.41) is 15.3. The summed E-state index contributed by atoms with van der Waals surface area (Å²) in [6.45, 7) is 4.39. The summed E-state index contributed by atoms with van der Waals surface area (Å²) >= 11 is 5.63. The molecule has 0 radical (unpaired) electrons. The first-order chi connectivity index (χ1) is 26.1. The molecule has 3 heteroatoms. The second-order valence-corrected chi connectivity index (χ2v) is 17.4. The van der Waals surface area contributed by atoms with Crippen molar-refractivity contribution in [2.75, 3.05) is 0 Å². The molecule has 53 heavy (non-hydrogen) atoms. The van der Waals surface area contributed by atoms with Crippen molar-refractivity contribution < 1.29 is 0 Å². The van der Waals surface area contributed by atoms with Crippen LogP contribution >= 0.6 is 34.0 Å². The van der Waals surface area contributed by atoms with E-state index in [-0.39, 0.29) is 0 Å². The van der Waals surface area contributed by atoms with Gasteiger partial charge >= 0.3 is 0 Å². The first kappa shape index (κ1) is 31.0. The van der Waals surface area contributed by atoms with Gasteiger partial charge in [-0.3, -0.25) is 0 Å². The Kier molecular flexibility index (Phi) is 7.00. The van der Waals surface area contributed by atoms with Crippen molar-refractivity contribution in [1.29, 1.82) is 0 Å². The Balaban J connectivity index is 1.18. The first-order valence-electron chi connectivity index (χ1n) is 18.1. The summed E-state index contributed by atoms with van der Waals surface area (Å²) < 4.78 is 2.63. The van der Waals surface area contributed by atoms with E-state index < -0.39 is 0 Å². The number of benzene rings is 8. The molecule has 0 unspecified atom stereocenters. The van der Waals surface area contributed by atoms with Gasteiger partial charge in [-0.05, 0) is 120 Å². The van der Waals surface area contributed by atoms with Gasteiger partial charge in [-0.1, -0.05) is 121 Å². The molecule has 0 bridgehead atoms. The lowest BCUT2D eigenvalue weighted by atomic mass is 9.86. The van der Waals surface area contributed by atoms with E-state index in [2.05, 4.69) is 171 Å². The summed E-state index contributed by atoms with van der Waals surface area (Å²) in [7, 11) is 0. The van der Waals surface area contributed by atoms with Crippen LogP contribution in [0, 0.1) is 13.8 Å². The highest BCUT2D eigenvalue weighted by Gasteiger charge is 2.22. The molecule has 0 saturated carbocycles. The molecule has 0 aliphatic heterocycles. The average Bonchev–Trinajstić information content (AvgIpc) is 3.93. The van der Waals surface area contributed by atoms with E-state index in [1.165, 1.54) is 117 Å². The number of hydrogen-bond acceptors (Lipinski definition) is 3. The standard InChI is InChI=1S/C50H32S3/c1-29-26-45(51-28-29)49-36-16-7-3-12-32(36)46(33-13-4-8-17-37(33)49)31-23-24-40-44(27-31)53-42-21-11-20-41(50(40)42)47-34-14-5-9-18-38(34)48(43-25-22-30(2)52-43)39-19-10-6-15-35(39)47/h3-28H,1-2H3. The van der Waals surface area contributed by atoms with Crippen LogP contribution in [0.25, 0.3) is 106 Å². The van der Waals surface area contributed by atoms with Crippen LogP contribution in [0.5, 0.6) is 0 Å². The Hall–Kier alpha value is -5.58. The molecule has 8 aromatic carbocycles. The SMILES string of the molecule is Cc1csc(-c2c3ccccc3c(-c3ccc4c(c3)sc3cccc(-c5c6ccccc6c(-c6ccc(C)s6)c6ccccc56)c34)c3ccccc23)c1. The van der Waals surface area contributed by atoms with Crippen molar-refractivity contribution in [1.82, 2.24) is 0 Å². The van der Waals surface area contributed by atoms with E-state index in [0.29, 0.717) is 0 Å². The van der Waals surface area contributed by atoms with Crippen LogP contribution in [0.4, 0.5) is 0 Å². The molecule has 0 atom stereocenters. The molecule has 3 aromatic heterocycles. The highest BCUT2D eigenvalue weighted by molar-refractivity contribution is 7.26. The number of aryl methyl sites for hydroxylation is 2. The molecule has 0 spiro atoms. The van der Waals surface area contributed by atoms with Gasteiger partial charge in [0.1, 0.15) is 0 Å². The van der Waals surface area contributed by atoms with Crippen molar-refractivity contribution in [3.05, 3.63) is 167 Å². The minimum Gasteiger partial charge on any atom is -0.144 e. The third-order valence-corrected chi connectivity index (χ3v) is 14.1. The predicted octanol–water partition coefficient (Wildman–Crippen LogP) is 16.1. The van der Waals surface area contributed by atoms with E-state index in [1.54, 1.807) is 0 Å². The minimum atomic E-state index is 1.26. The highest BCUT2D eigenvalue weighted by Crippen LogP contribution is 2.50. The van der Waals surface area contributed by atoms with Gasteiger partial charge in [-0.25, -0.2) is 0 Å². The predicted molar refractivity (Wildman–Crippen MR) is 236 cm³/mol. The zero-order chi connectivity index (χ0) is 35.2. The normalized spacial score (nSPS) is 12.0. The molecule has 0 N–H and O–H groups in total. The molecule has 11 aromatic rings. The third kappa shape index (κ3) is 4.71. The van der Waals surface area contributed by atoms with Crippen molar-refractivity contribution >= 4 is 97.3 Å². The van der Waals surface area contributed by atoms with Crippen LogP contribution in [-0.4, -0.2) is 0 Å². The molecule has 0 amide bonds. The summed E-state index contributed by atoms with van der Waals surface area (Å²) in [5.74, 6) is 0. The summed E-state index contributed by atoms with van der Waals surface area (Å²) in [5.41, 5.74) is 9.18. The fourth-order valence-electron chi connectivity index (χ4n) is 8.71. The zero-order valence-corrected chi connectivity index (χ0v) is 31.7. The van der Waals surface area contributed by atoms with Crippen LogP contribution in [0.1, 0.15) is 10.4 Å². The van der Waals surface area contributed by atoms with Gasteiger partial charge < -0.3 is 0 Å². The van der Waals surface area contributed by atoms with Gasteiger partial charge in [0, 0.05) is 45.9 Å². The van der Waals surface area contributed by atoms with Gasteiger partial charge in [-0.15, -0.1) is 34.0 Å². The Labute approximate surface area is 319 Å². The van der Waals surface area contributed by atoms with E-state index >= 15 is 0 Å². The quantitative estimate of drug-likeness (QED) is 0.158. The Morgan fingerprint density at radius 1 is 0.377 bits per heavy atom. The van der Waals surface area contributed by atoms with E-state index in [9.17, 15) is 0 Å². The second kappa shape index (κ2) is 12.0. The van der Waals surface area contributed by atoms with Crippen molar-refractivity contribution in [2.24, 2.45) is 0 Å². The van der Waals surface area contributed by atoms with Crippen LogP contribution in [0.2, 0.25) is 0 Å². The zero-order valence-electron chi connectivity index (χ0n) is 29.2. The molecule has 0 nitrogen and oxygen atoms in total. The number of thiophene rings is 3. The van der Waals surface area contributed by atoms with Crippen LogP contribution in [-0.2, 0) is 0 Å². The summed E-state index contributed by atoms with van der Waals surface area (Å²) in [4.78, 5) is 3.99. The summed E-state index contributed by atoms with van der Waals surface area (Å²) in [6.07, 6.45) is 0. The first-order valence-corrected chi connectivity index (χ1v) is 20.6. The van der Waals surface area contributed by atoms with Gasteiger partial charge in [0.25, 0.3) is 0 Å². The lowest BCUT2D eigenvalue weighted by Gasteiger charge is -2.18. The van der Waals surface area contributed by atoms with Crippen LogP contribution < -0.4 is 0 Å². The number of fused-ring (bicyclic) bond motifs is 7. The number of hydrogen-bond donors (Lipinski definition) is 0. The minimum absolute atomic E-state index is 1.26.